The highest BCUT2D eigenvalue weighted by Crippen LogP contribution is 2.49. The molecule has 0 radical (unpaired) electrons. The minimum Gasteiger partial charge on any atom is -0.458 e. The van der Waals surface area contributed by atoms with Crippen molar-refractivity contribution >= 4 is 124 Å². The number of ether oxygens (including phenoxy) is 2. The van der Waals surface area contributed by atoms with Crippen LogP contribution in [0.1, 0.15) is 56.2 Å². The number of nitrogens with zero attached hydrogens (tertiary/aromatic N) is 4. The Morgan fingerprint density at radius 3 is 1.10 bits per heavy atom. The standard InChI is InChI=1S/C73H54B2N4O2/c1-43(2)54-40-64-68-70-66(54)52-30-18-20-32-60(52)78(70)62-38-50(76(46-22-10-6-11-23-46)47-24-12-7-13-25-47)34-36-56(62)74(68)58-42-59-73(45(5)72(58)80-64)81-65-41-55(44(3)4)67-53-31-19-21-33-61(53)79-63-39-51(35-37-57(63)75(59)69(65)71(67)79)77(48-26-14-8-15-27-48)49-28-16-9-17-29-49/h6-44H,1-5H3. The number of benzene rings is 11. The molecule has 6 nitrogen and oxygen atoms in total. The minimum absolute atomic E-state index is 0.147. The molecule has 17 rings (SSSR count). The first-order chi connectivity index (χ1) is 39.8. The third kappa shape index (κ3) is 6.41. The van der Waals surface area contributed by atoms with Gasteiger partial charge in [0.05, 0.1) is 22.1 Å². The highest BCUT2D eigenvalue weighted by Gasteiger charge is 2.47. The Hall–Kier alpha value is -9.65. The summed E-state index contributed by atoms with van der Waals surface area (Å²) < 4.78 is 20.2. The molecule has 81 heavy (non-hydrogen) atoms. The lowest BCUT2D eigenvalue weighted by Crippen LogP contribution is -2.62. The Balaban J connectivity index is 0.949. The van der Waals surface area contributed by atoms with Crippen molar-refractivity contribution in [3.8, 4) is 34.4 Å². The summed E-state index contributed by atoms with van der Waals surface area (Å²) >= 11 is 0. The molecule has 0 amide bonds. The summed E-state index contributed by atoms with van der Waals surface area (Å²) in [5.41, 5.74) is 24.6. The molecule has 0 atom stereocenters. The normalized spacial score (nSPS) is 13.1. The largest absolute Gasteiger partial charge is 0.458 e. The van der Waals surface area contributed by atoms with Gasteiger partial charge in [-0.2, -0.15) is 0 Å². The third-order valence-electron chi connectivity index (χ3n) is 18.0. The van der Waals surface area contributed by atoms with Crippen LogP contribution in [0, 0.1) is 6.92 Å². The van der Waals surface area contributed by atoms with Crippen molar-refractivity contribution < 1.29 is 9.47 Å². The molecule has 0 fully saturated rings. The average molecular weight is 1040 g/mol. The molecular weight excluding hydrogens is 986 g/mol. The molecule has 0 N–H and O–H groups in total. The molecule has 0 saturated carbocycles. The van der Waals surface area contributed by atoms with Gasteiger partial charge in [0.25, 0.3) is 13.4 Å². The molecule has 2 aromatic heterocycles. The van der Waals surface area contributed by atoms with Crippen LogP contribution in [0.5, 0.6) is 23.0 Å². The van der Waals surface area contributed by atoms with Gasteiger partial charge in [0.2, 0.25) is 0 Å². The second kappa shape index (κ2) is 17.2. The second-order valence-electron chi connectivity index (χ2n) is 23.1. The van der Waals surface area contributed by atoms with Crippen LogP contribution in [-0.4, -0.2) is 22.6 Å². The predicted molar refractivity (Wildman–Crippen MR) is 340 cm³/mol. The number of rotatable bonds is 8. The summed E-state index contributed by atoms with van der Waals surface area (Å²) in [6.45, 7) is 11.2. The van der Waals surface area contributed by atoms with Gasteiger partial charge in [0, 0.05) is 72.6 Å². The van der Waals surface area contributed by atoms with Crippen molar-refractivity contribution in [3.05, 3.63) is 241 Å². The van der Waals surface area contributed by atoms with Crippen molar-refractivity contribution in [1.82, 2.24) is 9.13 Å². The lowest BCUT2D eigenvalue weighted by atomic mass is 9.31. The zero-order valence-electron chi connectivity index (χ0n) is 45.8. The van der Waals surface area contributed by atoms with Crippen LogP contribution < -0.4 is 52.1 Å². The fourth-order valence-corrected chi connectivity index (χ4v) is 14.7. The number of hydrogen-bond acceptors (Lipinski definition) is 4. The Bertz CT molecular complexity index is 4420. The van der Waals surface area contributed by atoms with Crippen LogP contribution in [0.3, 0.4) is 0 Å². The summed E-state index contributed by atoms with van der Waals surface area (Å²) in [5.74, 6) is 4.08. The molecule has 0 unspecified atom stereocenters. The summed E-state index contributed by atoms with van der Waals surface area (Å²) in [4.78, 5) is 4.77. The molecule has 0 aliphatic carbocycles. The van der Waals surface area contributed by atoms with Crippen LogP contribution in [0.4, 0.5) is 34.1 Å². The van der Waals surface area contributed by atoms with E-state index in [4.69, 9.17) is 9.47 Å². The van der Waals surface area contributed by atoms with E-state index in [0.29, 0.717) is 0 Å². The third-order valence-corrected chi connectivity index (χ3v) is 18.0. The van der Waals surface area contributed by atoms with Gasteiger partial charge in [0.1, 0.15) is 23.0 Å². The molecule has 0 spiro atoms. The van der Waals surface area contributed by atoms with Gasteiger partial charge in [-0.05, 0) is 160 Å². The van der Waals surface area contributed by atoms with Gasteiger partial charge in [-0.25, -0.2) is 0 Å². The van der Waals surface area contributed by atoms with E-state index in [1.807, 2.05) is 0 Å². The van der Waals surface area contributed by atoms with Crippen molar-refractivity contribution in [2.45, 2.75) is 46.5 Å². The molecule has 0 saturated heterocycles. The quantitative estimate of drug-likeness (QED) is 0.142. The van der Waals surface area contributed by atoms with Gasteiger partial charge in [-0.1, -0.05) is 155 Å². The Kier molecular flexibility index (Phi) is 9.81. The number of para-hydroxylation sites is 6. The van der Waals surface area contributed by atoms with E-state index < -0.39 is 0 Å². The molecular formula is C73H54B2N4O2. The van der Waals surface area contributed by atoms with Gasteiger partial charge in [-0.15, -0.1) is 0 Å². The van der Waals surface area contributed by atoms with Gasteiger partial charge in [0.15, 0.2) is 0 Å². The van der Waals surface area contributed by atoms with Gasteiger partial charge >= 0.3 is 0 Å². The first kappa shape index (κ1) is 46.3. The van der Waals surface area contributed by atoms with E-state index in [-0.39, 0.29) is 25.3 Å². The first-order valence-electron chi connectivity index (χ1n) is 28.6. The molecule has 13 aromatic rings. The number of hydrogen-bond donors (Lipinski definition) is 0. The van der Waals surface area contributed by atoms with E-state index in [1.54, 1.807) is 0 Å². The van der Waals surface area contributed by atoms with Gasteiger partial charge in [-0.3, -0.25) is 0 Å². The molecule has 8 heteroatoms. The number of aromatic nitrogens is 2. The summed E-state index contributed by atoms with van der Waals surface area (Å²) in [6.07, 6.45) is 0. The first-order valence-corrected chi connectivity index (χ1v) is 28.6. The maximum atomic E-state index is 7.55. The predicted octanol–water partition coefficient (Wildman–Crippen LogP) is 15.2. The topological polar surface area (TPSA) is 34.8 Å². The summed E-state index contributed by atoms with van der Waals surface area (Å²) in [5, 5.41) is 5.12. The van der Waals surface area contributed by atoms with E-state index in [2.05, 4.69) is 278 Å². The molecule has 6 heterocycles. The zero-order valence-corrected chi connectivity index (χ0v) is 45.8. The summed E-state index contributed by atoms with van der Waals surface area (Å²) in [7, 11) is 0. The molecule has 384 valence electrons. The molecule has 4 aliphatic heterocycles. The smallest absolute Gasteiger partial charge is 0.256 e. The monoisotopic (exact) mass is 1040 g/mol. The maximum Gasteiger partial charge on any atom is 0.256 e. The van der Waals surface area contributed by atoms with Crippen LogP contribution in [0.2, 0.25) is 0 Å². The van der Waals surface area contributed by atoms with Crippen LogP contribution >= 0.6 is 0 Å². The SMILES string of the molecule is Cc1c2c(cc3c1Oc1cc(C(C)C)c4c5ccccc5n5c4c1B3c1ccc(N(c3ccccc3)c3ccccc3)cc1-5)B1c3ccc(N(c4ccccc4)c4ccccc4)cc3-n3c4ccccc4c4c(C(C)C)cc(c1c43)O2. The molecule has 4 aliphatic rings. The highest BCUT2D eigenvalue weighted by molar-refractivity contribution is 7.02. The van der Waals surface area contributed by atoms with E-state index in [1.165, 1.54) is 88.0 Å². The van der Waals surface area contributed by atoms with Crippen LogP contribution in [0.25, 0.3) is 55.0 Å². The molecule has 11 aromatic carbocycles. The van der Waals surface area contributed by atoms with E-state index in [0.717, 1.165) is 73.6 Å². The van der Waals surface area contributed by atoms with Crippen LogP contribution in [-0.2, 0) is 0 Å². The summed E-state index contributed by atoms with van der Waals surface area (Å²) in [6, 6.07) is 82.6. The Morgan fingerprint density at radius 2 is 0.728 bits per heavy atom. The van der Waals surface area contributed by atoms with Crippen molar-refractivity contribution in [1.29, 1.82) is 0 Å². The van der Waals surface area contributed by atoms with Crippen LogP contribution in [0.15, 0.2) is 224 Å². The Labute approximate surface area is 471 Å². The van der Waals surface area contributed by atoms with Crippen molar-refractivity contribution in [2.75, 3.05) is 9.80 Å². The average Bonchev–Trinajstić information content (AvgIpc) is 2.10. The van der Waals surface area contributed by atoms with E-state index >= 15 is 0 Å². The number of fused-ring (bicyclic) bond motifs is 16. The number of anilines is 6. The Morgan fingerprint density at radius 1 is 0.370 bits per heavy atom. The minimum atomic E-state index is -0.147. The maximum absolute atomic E-state index is 7.55. The fourth-order valence-electron chi connectivity index (χ4n) is 14.7. The zero-order chi connectivity index (χ0) is 53.9. The lowest BCUT2D eigenvalue weighted by molar-refractivity contribution is 0.458. The second-order valence-corrected chi connectivity index (χ2v) is 23.1. The van der Waals surface area contributed by atoms with Gasteiger partial charge < -0.3 is 28.4 Å². The van der Waals surface area contributed by atoms with Crippen molar-refractivity contribution in [3.63, 3.8) is 0 Å². The fraction of sp³-hybridized carbons (Fsp3) is 0.0959. The molecule has 0 bridgehead atoms. The lowest BCUT2D eigenvalue weighted by Gasteiger charge is -2.38. The highest BCUT2D eigenvalue weighted by atomic mass is 16.5. The van der Waals surface area contributed by atoms with Crippen molar-refractivity contribution in [2.24, 2.45) is 0 Å². The van der Waals surface area contributed by atoms with E-state index in [9.17, 15) is 0 Å².